The third-order valence-corrected chi connectivity index (χ3v) is 5.66. The molecule has 0 aromatic heterocycles. The highest BCUT2D eigenvalue weighted by Gasteiger charge is 2.29. The number of carbonyl (C=O) groups excluding carboxylic acids is 3. The number of likely N-dealkylation sites (N-methyl/N-ethyl adjacent to an activating group) is 1. The van der Waals surface area contributed by atoms with Crippen LogP contribution in [0.4, 0.5) is 17.1 Å². The molecule has 2 amide bonds. The van der Waals surface area contributed by atoms with Gasteiger partial charge in [-0.25, -0.2) is 4.79 Å². The summed E-state index contributed by atoms with van der Waals surface area (Å²) in [5.74, 6) is -0.918. The van der Waals surface area contributed by atoms with Crippen LogP contribution in [-0.4, -0.2) is 38.0 Å². The molecule has 1 aliphatic rings. The van der Waals surface area contributed by atoms with Crippen molar-refractivity contribution in [3.05, 3.63) is 89.5 Å². The standard InChI is InChI=1S/C27H26N4O4/c1-3-35-27(34)18-9-14-21-22(15-18)30-26(33)24(21)25(17-7-5-4-6-8-17)29-19-10-12-20(13-11-19)31(2)23(32)16-28/h4-15,29H,3,16,28H2,1-2H3,(H,30,33)/b25-24-. The minimum Gasteiger partial charge on any atom is -0.462 e. The van der Waals surface area contributed by atoms with Gasteiger partial charge in [-0.2, -0.15) is 0 Å². The lowest BCUT2D eigenvalue weighted by Gasteiger charge is -2.18. The van der Waals surface area contributed by atoms with Crippen LogP contribution in [-0.2, 0) is 14.3 Å². The number of benzene rings is 3. The van der Waals surface area contributed by atoms with E-state index < -0.39 is 5.97 Å². The van der Waals surface area contributed by atoms with Crippen molar-refractivity contribution in [2.24, 2.45) is 5.73 Å². The first-order chi connectivity index (χ1) is 16.9. The minimum absolute atomic E-state index is 0.0762. The van der Waals surface area contributed by atoms with Gasteiger partial charge in [0.05, 0.1) is 35.7 Å². The number of hydrogen-bond donors (Lipinski definition) is 3. The Morgan fingerprint density at radius 2 is 1.71 bits per heavy atom. The Labute approximate surface area is 203 Å². The molecule has 0 aliphatic carbocycles. The predicted octanol–water partition coefficient (Wildman–Crippen LogP) is 3.72. The SMILES string of the molecule is CCOC(=O)c1ccc2c(c1)NC(=O)/C2=C(\Nc1ccc(N(C)C(=O)CN)cc1)c1ccccc1. The van der Waals surface area contributed by atoms with Gasteiger partial charge in [0.15, 0.2) is 0 Å². The Morgan fingerprint density at radius 3 is 2.37 bits per heavy atom. The summed E-state index contributed by atoms with van der Waals surface area (Å²) in [6, 6.07) is 21.8. The molecule has 3 aromatic rings. The average Bonchev–Trinajstić information content (AvgIpc) is 3.22. The third kappa shape index (κ3) is 4.92. The van der Waals surface area contributed by atoms with Crippen molar-refractivity contribution >= 4 is 46.1 Å². The quantitative estimate of drug-likeness (QED) is 0.358. The van der Waals surface area contributed by atoms with E-state index >= 15 is 0 Å². The fourth-order valence-corrected chi connectivity index (χ4v) is 3.84. The zero-order valence-corrected chi connectivity index (χ0v) is 19.5. The van der Waals surface area contributed by atoms with E-state index in [1.807, 2.05) is 42.5 Å². The maximum Gasteiger partial charge on any atom is 0.338 e. The molecule has 0 bridgehead atoms. The summed E-state index contributed by atoms with van der Waals surface area (Å²) in [6.07, 6.45) is 0. The topological polar surface area (TPSA) is 114 Å². The van der Waals surface area contributed by atoms with Crippen molar-refractivity contribution in [1.82, 2.24) is 0 Å². The number of amides is 2. The van der Waals surface area contributed by atoms with E-state index in [1.54, 1.807) is 44.3 Å². The number of ether oxygens (including phenoxy) is 1. The second-order valence-corrected chi connectivity index (χ2v) is 7.88. The second kappa shape index (κ2) is 10.2. The Morgan fingerprint density at radius 1 is 1.00 bits per heavy atom. The van der Waals surface area contributed by atoms with E-state index in [-0.39, 0.29) is 25.0 Å². The molecular weight excluding hydrogens is 444 g/mol. The molecule has 0 saturated carbocycles. The highest BCUT2D eigenvalue weighted by atomic mass is 16.5. The fraction of sp³-hybridized carbons (Fsp3) is 0.148. The number of anilines is 3. The molecule has 178 valence electrons. The number of fused-ring (bicyclic) bond motifs is 1. The number of rotatable bonds is 7. The van der Waals surface area contributed by atoms with Crippen LogP contribution in [0.25, 0.3) is 11.3 Å². The van der Waals surface area contributed by atoms with Gasteiger partial charge in [0.2, 0.25) is 5.91 Å². The number of hydrogen-bond acceptors (Lipinski definition) is 6. The van der Waals surface area contributed by atoms with Crippen molar-refractivity contribution in [3.8, 4) is 0 Å². The van der Waals surface area contributed by atoms with Gasteiger partial charge in [-0.3, -0.25) is 9.59 Å². The van der Waals surface area contributed by atoms with Crippen molar-refractivity contribution < 1.29 is 19.1 Å². The zero-order chi connectivity index (χ0) is 24.9. The van der Waals surface area contributed by atoms with E-state index in [0.717, 1.165) is 11.3 Å². The third-order valence-electron chi connectivity index (χ3n) is 5.66. The Kier molecular flexibility index (Phi) is 6.93. The molecular formula is C27H26N4O4. The summed E-state index contributed by atoms with van der Waals surface area (Å²) in [5, 5.41) is 6.24. The van der Waals surface area contributed by atoms with Crippen LogP contribution in [0.3, 0.4) is 0 Å². The Hall–Kier alpha value is -4.43. The largest absolute Gasteiger partial charge is 0.462 e. The Bertz CT molecular complexity index is 1300. The van der Waals surface area contributed by atoms with Gasteiger partial charge in [0.25, 0.3) is 5.91 Å². The maximum atomic E-state index is 13.1. The molecule has 0 atom stereocenters. The van der Waals surface area contributed by atoms with Gasteiger partial charge < -0.3 is 26.0 Å². The predicted molar refractivity (Wildman–Crippen MR) is 137 cm³/mol. The molecule has 4 N–H and O–H groups in total. The summed E-state index contributed by atoms with van der Waals surface area (Å²) in [6.45, 7) is 1.93. The second-order valence-electron chi connectivity index (χ2n) is 7.88. The molecule has 0 saturated heterocycles. The molecule has 4 rings (SSSR count). The minimum atomic E-state index is -0.443. The maximum absolute atomic E-state index is 13.1. The summed E-state index contributed by atoms with van der Waals surface area (Å²) in [5.41, 5.74) is 10.4. The van der Waals surface area contributed by atoms with Gasteiger partial charge in [0, 0.05) is 24.0 Å². The van der Waals surface area contributed by atoms with E-state index in [4.69, 9.17) is 10.5 Å². The van der Waals surface area contributed by atoms with Gasteiger partial charge in [-0.1, -0.05) is 36.4 Å². The van der Waals surface area contributed by atoms with Crippen LogP contribution in [0, 0.1) is 0 Å². The molecule has 0 unspecified atom stereocenters. The number of esters is 1. The molecule has 1 aliphatic heterocycles. The summed E-state index contributed by atoms with van der Waals surface area (Å²) in [4.78, 5) is 38.6. The first kappa shape index (κ1) is 23.7. The van der Waals surface area contributed by atoms with Crippen LogP contribution in [0.1, 0.15) is 28.4 Å². The van der Waals surface area contributed by atoms with E-state index in [0.29, 0.717) is 33.8 Å². The lowest BCUT2D eigenvalue weighted by Crippen LogP contribution is -2.32. The first-order valence-electron chi connectivity index (χ1n) is 11.2. The molecule has 1 heterocycles. The molecule has 0 radical (unpaired) electrons. The fourth-order valence-electron chi connectivity index (χ4n) is 3.84. The van der Waals surface area contributed by atoms with Crippen LogP contribution in [0.2, 0.25) is 0 Å². The van der Waals surface area contributed by atoms with E-state index in [9.17, 15) is 14.4 Å². The van der Waals surface area contributed by atoms with Crippen LogP contribution in [0.5, 0.6) is 0 Å². The number of nitrogens with two attached hydrogens (primary N) is 1. The molecule has 8 nitrogen and oxygen atoms in total. The zero-order valence-electron chi connectivity index (χ0n) is 19.5. The van der Waals surface area contributed by atoms with Gasteiger partial charge in [-0.15, -0.1) is 0 Å². The van der Waals surface area contributed by atoms with Crippen LogP contribution < -0.4 is 21.3 Å². The Balaban J connectivity index is 1.75. The van der Waals surface area contributed by atoms with Crippen LogP contribution >= 0.6 is 0 Å². The average molecular weight is 471 g/mol. The number of nitrogens with one attached hydrogen (secondary N) is 2. The van der Waals surface area contributed by atoms with Gasteiger partial charge >= 0.3 is 5.97 Å². The lowest BCUT2D eigenvalue weighted by atomic mass is 9.99. The summed E-state index contributed by atoms with van der Waals surface area (Å²) >= 11 is 0. The smallest absolute Gasteiger partial charge is 0.338 e. The normalized spacial score (nSPS) is 13.5. The van der Waals surface area contributed by atoms with Crippen molar-refractivity contribution in [2.45, 2.75) is 6.92 Å². The van der Waals surface area contributed by atoms with E-state index in [1.165, 1.54) is 4.90 Å². The summed E-state index contributed by atoms with van der Waals surface area (Å²) in [7, 11) is 1.67. The van der Waals surface area contributed by atoms with Gasteiger partial charge in [0.1, 0.15) is 0 Å². The first-order valence-corrected chi connectivity index (χ1v) is 11.2. The molecule has 0 fully saturated rings. The monoisotopic (exact) mass is 470 g/mol. The number of nitrogens with zero attached hydrogens (tertiary/aromatic N) is 1. The lowest BCUT2D eigenvalue weighted by molar-refractivity contribution is -0.117. The summed E-state index contributed by atoms with van der Waals surface area (Å²) < 4.78 is 5.08. The molecule has 8 heteroatoms. The van der Waals surface area contributed by atoms with Crippen molar-refractivity contribution in [3.63, 3.8) is 0 Å². The molecule has 35 heavy (non-hydrogen) atoms. The highest BCUT2D eigenvalue weighted by molar-refractivity contribution is 6.37. The van der Waals surface area contributed by atoms with Crippen LogP contribution in [0.15, 0.2) is 72.8 Å². The molecule has 3 aromatic carbocycles. The van der Waals surface area contributed by atoms with E-state index in [2.05, 4.69) is 10.6 Å². The van der Waals surface area contributed by atoms with Gasteiger partial charge in [-0.05, 0) is 48.9 Å². The van der Waals surface area contributed by atoms with Crippen molar-refractivity contribution in [2.75, 3.05) is 35.7 Å². The molecule has 0 spiro atoms. The van der Waals surface area contributed by atoms with Crippen molar-refractivity contribution in [1.29, 1.82) is 0 Å². The number of carbonyl (C=O) groups is 3. The highest BCUT2D eigenvalue weighted by Crippen LogP contribution is 2.38.